The molecule has 0 saturated carbocycles. The van der Waals surface area contributed by atoms with Crippen LogP contribution in [-0.4, -0.2) is 29.2 Å². The third-order valence-corrected chi connectivity index (χ3v) is 2.86. The van der Waals surface area contributed by atoms with E-state index in [9.17, 15) is 0 Å². The lowest BCUT2D eigenvalue weighted by Crippen LogP contribution is -2.28. The first-order valence-electron chi connectivity index (χ1n) is 5.62. The maximum absolute atomic E-state index is 5.81. The van der Waals surface area contributed by atoms with E-state index in [1.807, 2.05) is 13.8 Å². The zero-order chi connectivity index (χ0) is 11.5. The Morgan fingerprint density at radius 3 is 2.62 bits per heavy atom. The molecule has 0 spiro atoms. The third-order valence-electron chi connectivity index (χ3n) is 2.86. The highest BCUT2D eigenvalue weighted by atomic mass is 16.5. The molecular formula is C11H18N4O. The van der Waals surface area contributed by atoms with Crippen molar-refractivity contribution in [1.82, 2.24) is 9.97 Å². The first-order valence-corrected chi connectivity index (χ1v) is 5.62. The lowest BCUT2D eigenvalue weighted by atomic mass is 10.1. The summed E-state index contributed by atoms with van der Waals surface area (Å²) in [7, 11) is 0. The fourth-order valence-corrected chi connectivity index (χ4v) is 1.83. The van der Waals surface area contributed by atoms with Crippen molar-refractivity contribution in [3.05, 3.63) is 11.4 Å². The van der Waals surface area contributed by atoms with E-state index < -0.39 is 0 Å². The van der Waals surface area contributed by atoms with Crippen LogP contribution in [0.5, 0.6) is 0 Å². The van der Waals surface area contributed by atoms with Crippen LogP contribution in [0.1, 0.15) is 24.2 Å². The van der Waals surface area contributed by atoms with Gasteiger partial charge in [0.05, 0.1) is 0 Å². The molecule has 1 aromatic heterocycles. The molecule has 1 aromatic rings. The van der Waals surface area contributed by atoms with Gasteiger partial charge in [0.15, 0.2) is 0 Å². The second-order valence-electron chi connectivity index (χ2n) is 4.16. The van der Waals surface area contributed by atoms with Crippen molar-refractivity contribution in [3.8, 4) is 0 Å². The predicted molar refractivity (Wildman–Crippen MR) is 63.4 cm³/mol. The summed E-state index contributed by atoms with van der Waals surface area (Å²) < 4.78 is 5.32. The summed E-state index contributed by atoms with van der Waals surface area (Å²) in [6.45, 7) is 5.42. The smallest absolute Gasteiger partial charge is 0.134 e. The van der Waals surface area contributed by atoms with Crippen LogP contribution in [0.4, 0.5) is 11.6 Å². The Labute approximate surface area is 95.4 Å². The molecule has 1 saturated heterocycles. The Kier molecular flexibility index (Phi) is 3.24. The average molecular weight is 222 g/mol. The fourth-order valence-electron chi connectivity index (χ4n) is 1.83. The highest BCUT2D eigenvalue weighted by Gasteiger charge is 2.16. The number of ether oxygens (including phenoxy) is 1. The lowest BCUT2D eigenvalue weighted by Gasteiger charge is -2.24. The topological polar surface area (TPSA) is 73.1 Å². The van der Waals surface area contributed by atoms with Crippen molar-refractivity contribution in [3.63, 3.8) is 0 Å². The van der Waals surface area contributed by atoms with Gasteiger partial charge in [0.2, 0.25) is 0 Å². The van der Waals surface area contributed by atoms with Crippen LogP contribution in [0, 0.1) is 13.8 Å². The van der Waals surface area contributed by atoms with Gasteiger partial charge in [0, 0.05) is 24.8 Å². The standard InChI is InChI=1S/C11H18N4O/c1-7-10(12)13-8(2)14-11(7)15-9-3-5-16-6-4-9/h9H,3-6H2,1-2H3,(H3,12,13,14,15). The normalized spacial score (nSPS) is 17.4. The van der Waals surface area contributed by atoms with E-state index in [-0.39, 0.29) is 0 Å². The molecular weight excluding hydrogens is 204 g/mol. The number of nitrogens with one attached hydrogen (secondary N) is 1. The first-order chi connectivity index (χ1) is 7.66. The molecule has 5 nitrogen and oxygen atoms in total. The molecule has 0 atom stereocenters. The van der Waals surface area contributed by atoms with Crippen LogP contribution in [0.15, 0.2) is 0 Å². The number of hydrogen-bond acceptors (Lipinski definition) is 5. The molecule has 0 radical (unpaired) electrons. The maximum Gasteiger partial charge on any atom is 0.134 e. The van der Waals surface area contributed by atoms with Crippen molar-refractivity contribution < 1.29 is 4.74 Å². The zero-order valence-corrected chi connectivity index (χ0v) is 9.79. The van der Waals surface area contributed by atoms with Gasteiger partial charge in [0.1, 0.15) is 17.5 Å². The van der Waals surface area contributed by atoms with Gasteiger partial charge in [0.25, 0.3) is 0 Å². The minimum absolute atomic E-state index is 0.432. The summed E-state index contributed by atoms with van der Waals surface area (Å²) in [4.78, 5) is 8.51. The fraction of sp³-hybridized carbons (Fsp3) is 0.636. The van der Waals surface area contributed by atoms with Crippen molar-refractivity contribution >= 4 is 11.6 Å². The number of hydrogen-bond donors (Lipinski definition) is 2. The van der Waals surface area contributed by atoms with Gasteiger partial charge in [-0.25, -0.2) is 9.97 Å². The minimum Gasteiger partial charge on any atom is -0.383 e. The molecule has 88 valence electrons. The number of anilines is 2. The number of nitrogens with zero attached hydrogens (tertiary/aromatic N) is 2. The molecule has 1 fully saturated rings. The first kappa shape index (κ1) is 11.1. The van der Waals surface area contributed by atoms with Crippen LogP contribution >= 0.6 is 0 Å². The van der Waals surface area contributed by atoms with Gasteiger partial charge in [-0.3, -0.25) is 0 Å². The van der Waals surface area contributed by atoms with Crippen LogP contribution in [0.25, 0.3) is 0 Å². The van der Waals surface area contributed by atoms with Crippen molar-refractivity contribution in [2.75, 3.05) is 24.3 Å². The number of aromatic nitrogens is 2. The average Bonchev–Trinajstić information content (AvgIpc) is 2.27. The molecule has 0 aromatic carbocycles. The van der Waals surface area contributed by atoms with Crippen molar-refractivity contribution in [2.24, 2.45) is 0 Å². The lowest BCUT2D eigenvalue weighted by molar-refractivity contribution is 0.0903. The molecule has 16 heavy (non-hydrogen) atoms. The highest BCUT2D eigenvalue weighted by molar-refractivity contribution is 5.55. The van der Waals surface area contributed by atoms with E-state index in [1.165, 1.54) is 0 Å². The van der Waals surface area contributed by atoms with E-state index in [4.69, 9.17) is 10.5 Å². The number of aryl methyl sites for hydroxylation is 1. The summed E-state index contributed by atoms with van der Waals surface area (Å²) in [6, 6.07) is 0.432. The Morgan fingerprint density at radius 2 is 1.94 bits per heavy atom. The van der Waals surface area contributed by atoms with E-state index in [2.05, 4.69) is 15.3 Å². The van der Waals surface area contributed by atoms with Crippen molar-refractivity contribution in [1.29, 1.82) is 0 Å². The Hall–Kier alpha value is -1.36. The summed E-state index contributed by atoms with van der Waals surface area (Å²) in [6.07, 6.45) is 2.03. The molecule has 0 unspecified atom stereocenters. The third kappa shape index (κ3) is 2.41. The van der Waals surface area contributed by atoms with Crippen LogP contribution in [0.2, 0.25) is 0 Å². The molecule has 2 heterocycles. The van der Waals surface area contributed by atoms with Gasteiger partial charge in [-0.05, 0) is 26.7 Å². The Morgan fingerprint density at radius 1 is 1.25 bits per heavy atom. The zero-order valence-electron chi connectivity index (χ0n) is 9.79. The quantitative estimate of drug-likeness (QED) is 0.788. The van der Waals surface area contributed by atoms with Crippen molar-refractivity contribution in [2.45, 2.75) is 32.7 Å². The largest absolute Gasteiger partial charge is 0.383 e. The Balaban J connectivity index is 2.13. The molecule has 1 aliphatic heterocycles. The van der Waals surface area contributed by atoms with Gasteiger partial charge in [-0.15, -0.1) is 0 Å². The Bertz CT molecular complexity index is 374. The molecule has 0 aliphatic carbocycles. The molecule has 3 N–H and O–H groups in total. The second kappa shape index (κ2) is 4.65. The van der Waals surface area contributed by atoms with Gasteiger partial charge >= 0.3 is 0 Å². The summed E-state index contributed by atoms with van der Waals surface area (Å²) in [5, 5.41) is 3.42. The van der Waals surface area contributed by atoms with E-state index in [0.717, 1.165) is 37.4 Å². The number of nitrogen functional groups attached to an aromatic ring is 1. The molecule has 0 bridgehead atoms. The van der Waals surface area contributed by atoms with Gasteiger partial charge in [-0.2, -0.15) is 0 Å². The molecule has 0 amide bonds. The minimum atomic E-state index is 0.432. The molecule has 5 heteroatoms. The van der Waals surface area contributed by atoms with Crippen LogP contribution < -0.4 is 11.1 Å². The SMILES string of the molecule is Cc1nc(N)c(C)c(NC2CCOCC2)n1. The summed E-state index contributed by atoms with van der Waals surface area (Å²) in [5.41, 5.74) is 6.74. The summed E-state index contributed by atoms with van der Waals surface area (Å²) in [5.74, 6) is 2.12. The van der Waals surface area contributed by atoms with Crippen LogP contribution in [-0.2, 0) is 4.74 Å². The van der Waals surface area contributed by atoms with E-state index in [1.54, 1.807) is 0 Å². The number of rotatable bonds is 2. The monoisotopic (exact) mass is 222 g/mol. The molecule has 1 aliphatic rings. The molecule has 2 rings (SSSR count). The van der Waals surface area contributed by atoms with Gasteiger partial charge < -0.3 is 15.8 Å². The highest BCUT2D eigenvalue weighted by Crippen LogP contribution is 2.20. The van der Waals surface area contributed by atoms with E-state index in [0.29, 0.717) is 17.7 Å². The second-order valence-corrected chi connectivity index (χ2v) is 4.16. The van der Waals surface area contributed by atoms with Crippen LogP contribution in [0.3, 0.4) is 0 Å². The predicted octanol–water partition coefficient (Wildman–Crippen LogP) is 1.27. The summed E-state index contributed by atoms with van der Waals surface area (Å²) >= 11 is 0. The maximum atomic E-state index is 5.81. The van der Waals surface area contributed by atoms with E-state index >= 15 is 0 Å². The van der Waals surface area contributed by atoms with Gasteiger partial charge in [-0.1, -0.05) is 0 Å². The number of nitrogens with two attached hydrogens (primary N) is 1.